The number of phenols is 1. The van der Waals surface area contributed by atoms with Crippen molar-refractivity contribution in [3.63, 3.8) is 0 Å². The SMILES string of the molecule is O=C(Nc1n[nH]c2nc(-c3ccc(O)c(Cl)c3)ccc12)C1CCCC1. The van der Waals surface area contributed by atoms with Gasteiger partial charge in [-0.1, -0.05) is 24.4 Å². The molecule has 6 nitrogen and oxygen atoms in total. The number of hydrogen-bond donors (Lipinski definition) is 3. The summed E-state index contributed by atoms with van der Waals surface area (Å²) in [6, 6.07) is 8.64. The zero-order valence-corrected chi connectivity index (χ0v) is 14.2. The predicted octanol–water partition coefficient (Wildman–Crippen LogP) is 4.11. The van der Waals surface area contributed by atoms with Gasteiger partial charge in [-0.2, -0.15) is 5.10 Å². The van der Waals surface area contributed by atoms with Crippen LogP contribution in [0.2, 0.25) is 5.02 Å². The minimum Gasteiger partial charge on any atom is -0.506 e. The number of phenolic OH excluding ortho intramolecular Hbond substituents is 1. The number of anilines is 1. The topological polar surface area (TPSA) is 90.9 Å². The van der Waals surface area contributed by atoms with E-state index in [9.17, 15) is 9.90 Å². The Bertz CT molecular complexity index is 947. The maximum atomic E-state index is 12.3. The van der Waals surface area contributed by atoms with Crippen LogP contribution in [0.1, 0.15) is 25.7 Å². The van der Waals surface area contributed by atoms with Crippen molar-refractivity contribution in [2.24, 2.45) is 5.92 Å². The molecule has 3 aromatic rings. The molecule has 0 saturated heterocycles. The van der Waals surface area contributed by atoms with Crippen molar-refractivity contribution >= 4 is 34.4 Å². The molecule has 2 heterocycles. The highest BCUT2D eigenvalue weighted by atomic mass is 35.5. The number of benzene rings is 1. The highest BCUT2D eigenvalue weighted by molar-refractivity contribution is 6.32. The third-order valence-electron chi connectivity index (χ3n) is 4.63. The second-order valence-electron chi connectivity index (χ2n) is 6.30. The number of fused-ring (bicyclic) bond motifs is 1. The minimum absolute atomic E-state index is 0.0280. The molecule has 0 radical (unpaired) electrons. The van der Waals surface area contributed by atoms with Crippen molar-refractivity contribution in [1.29, 1.82) is 0 Å². The number of aromatic hydroxyl groups is 1. The summed E-state index contributed by atoms with van der Waals surface area (Å²) in [4.78, 5) is 16.8. The van der Waals surface area contributed by atoms with Crippen molar-refractivity contribution in [2.75, 3.05) is 5.32 Å². The quantitative estimate of drug-likeness (QED) is 0.658. The maximum absolute atomic E-state index is 12.3. The molecular weight excluding hydrogens is 340 g/mol. The average Bonchev–Trinajstić information content (AvgIpc) is 3.27. The molecular formula is C18H17ClN4O2. The lowest BCUT2D eigenvalue weighted by Crippen LogP contribution is -2.20. The number of H-pyrrole nitrogens is 1. The van der Waals surface area contributed by atoms with E-state index in [-0.39, 0.29) is 22.6 Å². The van der Waals surface area contributed by atoms with Gasteiger partial charge in [0, 0.05) is 11.5 Å². The van der Waals surface area contributed by atoms with Gasteiger partial charge >= 0.3 is 0 Å². The molecule has 128 valence electrons. The Labute approximate surface area is 149 Å². The fourth-order valence-electron chi connectivity index (χ4n) is 3.23. The number of halogens is 1. The molecule has 1 aliphatic rings. The Morgan fingerprint density at radius 2 is 2.04 bits per heavy atom. The smallest absolute Gasteiger partial charge is 0.228 e. The fourth-order valence-corrected chi connectivity index (χ4v) is 3.41. The number of carbonyl (C=O) groups excluding carboxylic acids is 1. The lowest BCUT2D eigenvalue weighted by Gasteiger charge is -2.08. The first kappa shape index (κ1) is 15.9. The summed E-state index contributed by atoms with van der Waals surface area (Å²) in [5.41, 5.74) is 2.07. The van der Waals surface area contributed by atoms with E-state index in [2.05, 4.69) is 20.5 Å². The summed E-state index contributed by atoms with van der Waals surface area (Å²) in [6.07, 6.45) is 4.11. The van der Waals surface area contributed by atoms with Gasteiger partial charge in [-0.15, -0.1) is 0 Å². The summed E-state index contributed by atoms with van der Waals surface area (Å²) in [6.45, 7) is 0. The van der Waals surface area contributed by atoms with Crippen molar-refractivity contribution in [1.82, 2.24) is 15.2 Å². The number of aromatic amines is 1. The molecule has 3 N–H and O–H groups in total. The Kier molecular flexibility index (Phi) is 4.05. The van der Waals surface area contributed by atoms with Crippen molar-refractivity contribution in [3.8, 4) is 17.0 Å². The number of amides is 1. The first-order valence-electron chi connectivity index (χ1n) is 8.27. The summed E-state index contributed by atoms with van der Waals surface area (Å²) in [5, 5.41) is 20.5. The number of rotatable bonds is 3. The van der Waals surface area contributed by atoms with Crippen LogP contribution in [0.4, 0.5) is 5.82 Å². The molecule has 2 aromatic heterocycles. The number of pyridine rings is 1. The molecule has 0 aliphatic heterocycles. The standard InChI is InChI=1S/C18H17ClN4O2/c19-13-9-11(5-8-15(13)24)14-7-6-12-16(20-14)22-23-17(12)21-18(25)10-3-1-2-4-10/h5-10,24H,1-4H2,(H2,20,21,22,23,25). The Balaban J connectivity index is 1.62. The molecule has 1 aliphatic carbocycles. The monoisotopic (exact) mass is 356 g/mol. The molecule has 1 saturated carbocycles. The molecule has 4 rings (SSSR count). The maximum Gasteiger partial charge on any atom is 0.228 e. The van der Waals surface area contributed by atoms with E-state index in [0.717, 1.165) is 36.6 Å². The Morgan fingerprint density at radius 1 is 1.24 bits per heavy atom. The second-order valence-corrected chi connectivity index (χ2v) is 6.71. The van der Waals surface area contributed by atoms with Crippen molar-refractivity contribution in [2.45, 2.75) is 25.7 Å². The Morgan fingerprint density at radius 3 is 2.80 bits per heavy atom. The highest BCUT2D eigenvalue weighted by Gasteiger charge is 2.23. The molecule has 0 atom stereocenters. The van der Waals surface area contributed by atoms with Crippen LogP contribution >= 0.6 is 11.6 Å². The zero-order chi connectivity index (χ0) is 17.4. The first-order valence-corrected chi connectivity index (χ1v) is 8.64. The molecule has 0 unspecified atom stereocenters. The van der Waals surface area contributed by atoms with Gasteiger partial charge in [0.15, 0.2) is 11.5 Å². The van der Waals surface area contributed by atoms with E-state index in [1.807, 2.05) is 12.1 Å². The van der Waals surface area contributed by atoms with Gasteiger partial charge in [-0.05, 0) is 43.2 Å². The first-order chi connectivity index (χ1) is 12.1. The van der Waals surface area contributed by atoms with Gasteiger partial charge in [0.1, 0.15) is 5.75 Å². The summed E-state index contributed by atoms with van der Waals surface area (Å²) < 4.78 is 0. The van der Waals surface area contributed by atoms with E-state index >= 15 is 0 Å². The molecule has 0 spiro atoms. The van der Waals surface area contributed by atoms with Crippen LogP contribution in [-0.4, -0.2) is 26.2 Å². The Hall–Kier alpha value is -2.60. The molecule has 1 fully saturated rings. The van der Waals surface area contributed by atoms with Gasteiger partial charge in [0.2, 0.25) is 5.91 Å². The third kappa shape index (κ3) is 3.05. The van der Waals surface area contributed by atoms with E-state index in [0.29, 0.717) is 17.2 Å². The fraction of sp³-hybridized carbons (Fsp3) is 0.278. The summed E-state index contributed by atoms with van der Waals surface area (Å²) in [7, 11) is 0. The van der Waals surface area contributed by atoms with Gasteiger partial charge in [0.25, 0.3) is 0 Å². The van der Waals surface area contributed by atoms with Gasteiger partial charge in [-0.25, -0.2) is 4.98 Å². The predicted molar refractivity (Wildman–Crippen MR) is 96.6 cm³/mol. The molecule has 1 amide bonds. The van der Waals surface area contributed by atoms with Gasteiger partial charge < -0.3 is 10.4 Å². The molecule has 1 aromatic carbocycles. The number of nitrogens with zero attached hydrogens (tertiary/aromatic N) is 2. The lowest BCUT2D eigenvalue weighted by atomic mass is 10.1. The molecule has 7 heteroatoms. The van der Waals surface area contributed by atoms with E-state index in [1.54, 1.807) is 12.1 Å². The minimum atomic E-state index is 0.0280. The highest BCUT2D eigenvalue weighted by Crippen LogP contribution is 2.31. The second kappa shape index (κ2) is 6.37. The van der Waals surface area contributed by atoms with E-state index in [1.165, 1.54) is 6.07 Å². The number of carbonyl (C=O) groups is 1. The normalized spacial score (nSPS) is 14.9. The molecule has 0 bridgehead atoms. The van der Waals surface area contributed by atoms with E-state index < -0.39 is 0 Å². The summed E-state index contributed by atoms with van der Waals surface area (Å²) in [5.74, 6) is 0.651. The third-order valence-corrected chi connectivity index (χ3v) is 4.94. The van der Waals surface area contributed by atoms with Crippen LogP contribution in [0.3, 0.4) is 0 Å². The number of hydrogen-bond acceptors (Lipinski definition) is 4. The molecule has 25 heavy (non-hydrogen) atoms. The van der Waals surface area contributed by atoms with Crippen LogP contribution in [0.25, 0.3) is 22.3 Å². The van der Waals surface area contributed by atoms with Crippen LogP contribution in [0, 0.1) is 5.92 Å². The number of aromatic nitrogens is 3. The average molecular weight is 357 g/mol. The number of nitrogens with one attached hydrogen (secondary N) is 2. The van der Waals surface area contributed by atoms with Crippen LogP contribution in [-0.2, 0) is 4.79 Å². The van der Waals surface area contributed by atoms with Crippen molar-refractivity contribution < 1.29 is 9.90 Å². The van der Waals surface area contributed by atoms with Crippen LogP contribution < -0.4 is 5.32 Å². The largest absolute Gasteiger partial charge is 0.506 e. The van der Waals surface area contributed by atoms with Gasteiger partial charge in [0.05, 0.1) is 16.1 Å². The lowest BCUT2D eigenvalue weighted by molar-refractivity contribution is -0.119. The van der Waals surface area contributed by atoms with Crippen molar-refractivity contribution in [3.05, 3.63) is 35.4 Å². The van der Waals surface area contributed by atoms with Crippen LogP contribution in [0.15, 0.2) is 30.3 Å². The van der Waals surface area contributed by atoms with Crippen LogP contribution in [0.5, 0.6) is 5.75 Å². The zero-order valence-electron chi connectivity index (χ0n) is 13.4. The summed E-state index contributed by atoms with van der Waals surface area (Å²) >= 11 is 5.96. The van der Waals surface area contributed by atoms with Gasteiger partial charge in [-0.3, -0.25) is 9.89 Å². The van der Waals surface area contributed by atoms with E-state index in [4.69, 9.17) is 11.6 Å².